The molecule has 37 nitrogen and oxygen atoms in total. The highest BCUT2D eigenvalue weighted by Crippen LogP contribution is 2.68. The van der Waals surface area contributed by atoms with Gasteiger partial charge in [-0.05, 0) is 198 Å². The van der Waals surface area contributed by atoms with Crippen LogP contribution in [0.2, 0.25) is 0 Å². The number of benzene rings is 1. The predicted octanol–water partition coefficient (Wildman–Crippen LogP) is 8.84. The van der Waals surface area contributed by atoms with Gasteiger partial charge in [0.15, 0.2) is 0 Å². The molecule has 1 aromatic heterocycles. The van der Waals surface area contributed by atoms with Gasteiger partial charge in [0.2, 0.25) is 52.8 Å². The maximum atomic E-state index is 14.4. The minimum absolute atomic E-state index is 0.00707. The molecule has 144 heavy (non-hydrogen) atoms. The van der Waals surface area contributed by atoms with Crippen molar-refractivity contribution in [2.45, 2.75) is 370 Å². The topological polar surface area (TPSA) is 544 Å². The third-order valence-electron chi connectivity index (χ3n) is 34.5. The number of likely N-dealkylation sites (tertiary alicyclic amines) is 3. The number of Topliss-reactive ketones (excluding diaryl/α,β-unsaturated/α-hetero) is 3. The molecule has 21 atom stereocenters. The largest absolute Gasteiger partial charge is 0.472 e. The van der Waals surface area contributed by atoms with E-state index in [4.69, 9.17) is 35.8 Å². The van der Waals surface area contributed by atoms with E-state index in [2.05, 4.69) is 82.5 Å². The van der Waals surface area contributed by atoms with Crippen LogP contribution < -0.4 is 65.1 Å². The molecule has 15 amide bonds. The first kappa shape index (κ1) is 110. The van der Waals surface area contributed by atoms with Gasteiger partial charge in [-0.3, -0.25) is 57.5 Å². The first-order chi connectivity index (χ1) is 67.2. The maximum Gasteiger partial charge on any atom is 0.332 e. The molecule has 13 fully saturated rings. The van der Waals surface area contributed by atoms with Crippen LogP contribution in [0.4, 0.5) is 14.4 Å². The number of nitrogens with zero attached hydrogens (tertiary/aromatic N) is 3. The Morgan fingerprint density at radius 3 is 1.15 bits per heavy atom. The molecule has 794 valence electrons. The zero-order valence-corrected chi connectivity index (χ0v) is 87.8. The van der Waals surface area contributed by atoms with Crippen molar-refractivity contribution in [3.8, 4) is 0 Å². The average Bonchev–Trinajstić information content (AvgIpc) is 1.53. The lowest BCUT2D eigenvalue weighted by molar-refractivity contribution is -0.156. The number of ether oxygens (including phenoxy) is 3. The van der Waals surface area contributed by atoms with Crippen LogP contribution in [0.25, 0.3) is 0 Å². The molecule has 7 unspecified atom stereocenters. The molecule has 37 heteroatoms. The number of hydrogen-bond acceptors (Lipinski definition) is 22. The maximum absolute atomic E-state index is 14.4. The van der Waals surface area contributed by atoms with Crippen LogP contribution in [0.5, 0.6) is 0 Å². The van der Waals surface area contributed by atoms with Gasteiger partial charge < -0.3 is 98.4 Å². The number of nitrogens with two attached hydrogens (primary N) is 3. The van der Waals surface area contributed by atoms with E-state index < -0.39 is 200 Å². The Morgan fingerprint density at radius 2 is 0.806 bits per heavy atom. The highest BCUT2D eigenvalue weighted by Gasteiger charge is 2.73. The summed E-state index contributed by atoms with van der Waals surface area (Å²) >= 11 is 0. The SMILES string of the molecule is CC(C)(C)[C@H](NC(=O)NC1(C(=O)OCc2ccccc2)CC2CCC1C2)C(=O)N1C[C@H]2[C@@H]([C@H]1C(=O)NC(CC1CC1)C(=O)C(N)=O)C2(C)C.CC(C)(C)[C@H](NC(=O)NC1(C(=O)OCc2ccoc2)CCCCC1)C(=O)N1C[C@H]2[C@@H]([C@H]1C(=O)NC(CC1CCC1)C(=O)C(N)=O)C2(C)C.C[C@@H]1CCCC1OC(=O)[C@@H](NC(=O)N[C@H](C(=O)N1C[C@H]2[C@@H]([C@H]1C(=O)NC(CC1CCC1)C(=O)C(N)=O)C2(C)C)C(C)(C)C)C(C)(C)C. The number of amides is 15. The minimum Gasteiger partial charge on any atom is -0.472 e. The van der Waals surface area contributed by atoms with E-state index >= 15 is 0 Å². The second-order valence-corrected chi connectivity index (χ2v) is 50.1. The van der Waals surface area contributed by atoms with Crippen molar-refractivity contribution in [3.63, 3.8) is 0 Å². The molecule has 13 aliphatic rings. The molecule has 2 aromatic rings. The molecule has 15 N–H and O–H groups in total. The Labute approximate surface area is 845 Å². The number of furan rings is 1. The summed E-state index contributed by atoms with van der Waals surface area (Å²) in [5.74, 6) is -9.23. The molecule has 3 saturated heterocycles. The number of urea groups is 3. The van der Waals surface area contributed by atoms with Crippen LogP contribution >= 0.6 is 0 Å². The Hall–Kier alpha value is -11.0. The summed E-state index contributed by atoms with van der Waals surface area (Å²) in [7, 11) is 0. The van der Waals surface area contributed by atoms with Gasteiger partial charge in [0, 0.05) is 25.2 Å². The van der Waals surface area contributed by atoms with E-state index in [0.717, 1.165) is 115 Å². The normalized spacial score (nSPS) is 28.2. The number of carbonyl (C=O) groups is 18. The fourth-order valence-corrected chi connectivity index (χ4v) is 24.7. The molecule has 2 bridgehead atoms. The Kier molecular flexibility index (Phi) is 32.7. The van der Waals surface area contributed by atoms with Gasteiger partial charge in [0.1, 0.15) is 72.7 Å². The summed E-state index contributed by atoms with van der Waals surface area (Å²) in [4.78, 5) is 245. The smallest absolute Gasteiger partial charge is 0.332 e. The fourth-order valence-electron chi connectivity index (χ4n) is 24.7. The first-order valence-electron chi connectivity index (χ1n) is 52.4. The highest BCUT2D eigenvalue weighted by molar-refractivity contribution is 6.39. The Bertz CT molecular complexity index is 5180. The minimum atomic E-state index is -1.25. The van der Waals surface area contributed by atoms with Crippen molar-refractivity contribution >= 4 is 107 Å². The van der Waals surface area contributed by atoms with E-state index in [1.54, 1.807) is 6.07 Å². The number of nitrogens with one attached hydrogen (secondary N) is 9. The van der Waals surface area contributed by atoms with Gasteiger partial charge in [-0.15, -0.1) is 0 Å². The van der Waals surface area contributed by atoms with Crippen molar-refractivity contribution in [1.82, 2.24) is 62.6 Å². The molecule has 15 rings (SSSR count). The van der Waals surface area contributed by atoms with Crippen molar-refractivity contribution in [2.24, 2.45) is 126 Å². The molecule has 0 radical (unpaired) electrons. The summed E-state index contributed by atoms with van der Waals surface area (Å²) in [6.07, 6.45) is 20.3. The number of carbonyl (C=O) groups excluding carboxylic acids is 18. The Morgan fingerprint density at radius 1 is 0.424 bits per heavy atom. The number of piperidine rings is 3. The second kappa shape index (κ2) is 42.8. The average molecular weight is 2010 g/mol. The van der Waals surface area contributed by atoms with Crippen molar-refractivity contribution in [3.05, 3.63) is 60.1 Å². The zero-order chi connectivity index (χ0) is 106. The summed E-state index contributed by atoms with van der Waals surface area (Å²) in [5, 5.41) is 25.6. The summed E-state index contributed by atoms with van der Waals surface area (Å²) in [5.41, 5.74) is 11.5. The number of rotatable bonds is 35. The first-order valence-corrected chi connectivity index (χ1v) is 52.4. The zero-order valence-electron chi connectivity index (χ0n) is 87.8. The lowest BCUT2D eigenvalue weighted by Gasteiger charge is -2.40. The van der Waals surface area contributed by atoms with Crippen LogP contribution in [0.3, 0.4) is 0 Å². The lowest BCUT2D eigenvalue weighted by Crippen LogP contribution is -2.65. The predicted molar refractivity (Wildman–Crippen MR) is 528 cm³/mol. The van der Waals surface area contributed by atoms with E-state index in [9.17, 15) is 86.3 Å². The van der Waals surface area contributed by atoms with E-state index in [1.165, 1.54) is 27.2 Å². The summed E-state index contributed by atoms with van der Waals surface area (Å²) in [6.45, 7) is 37.4. The number of ketones is 3. The van der Waals surface area contributed by atoms with Crippen LogP contribution in [-0.2, 0) is 99.3 Å². The van der Waals surface area contributed by atoms with Gasteiger partial charge in [-0.1, -0.05) is 233 Å². The number of esters is 3. The Balaban J connectivity index is 0.000000181. The number of hydrogen-bond donors (Lipinski definition) is 12. The van der Waals surface area contributed by atoms with E-state index in [1.807, 2.05) is 127 Å². The van der Waals surface area contributed by atoms with Gasteiger partial charge in [0.25, 0.3) is 17.7 Å². The second-order valence-electron chi connectivity index (χ2n) is 50.1. The molecular formula is C107H159N15O22. The van der Waals surface area contributed by atoms with Crippen LogP contribution in [0.15, 0.2) is 53.3 Å². The van der Waals surface area contributed by atoms with E-state index in [0.29, 0.717) is 69.6 Å². The summed E-state index contributed by atoms with van der Waals surface area (Å²) in [6, 6.07) is -0.801. The number of fused-ring (bicyclic) bond motifs is 5. The molecule has 3 aliphatic heterocycles. The monoisotopic (exact) mass is 2010 g/mol. The van der Waals surface area contributed by atoms with Gasteiger partial charge in [0.05, 0.1) is 30.7 Å². The molecule has 1 aromatic carbocycles. The van der Waals surface area contributed by atoms with Crippen LogP contribution in [0, 0.1) is 109 Å². The highest BCUT2D eigenvalue weighted by atomic mass is 16.6. The third kappa shape index (κ3) is 24.4. The van der Waals surface area contributed by atoms with Crippen molar-refractivity contribution in [2.75, 3.05) is 19.6 Å². The van der Waals surface area contributed by atoms with E-state index in [-0.39, 0.29) is 101 Å². The standard InChI is InChI=1S/C37H51N5O7.C35H51N5O8.C35H57N5O7/c1-35(2,3)29(40-34(48)41-37(17-22-13-14-23(37)15-22)33(47)49-19-21-9-7-6-8-10-21)32(46)42-18-24-26(36(24,4)5)27(42)31(45)39-25(16-20-11-12-20)28(43)30(38)44;1-33(2,3)27(38-32(46)39-35(13-7-6-8-14-35)31(45)48-19-21-12-15-47-18-21)30(44)40-17-22-24(34(22,4)5)25(40)29(43)37-23(26(41)28(36)42)16-20-10-9-11-20;1-18-12-10-15-22(18)47-31(45)27(34(5,6)7)39-32(46)38-26(33(2,3)4)30(44)40-17-20-23(35(20,8)9)24(40)29(43)37-21(25(41)28(36)42)16-19-13-11-14-19/h6-10,20,22-27,29H,11-19H2,1-5H3,(H2,38,44)(H,39,45)(H2,40,41,48);12,15,18,20,22-25,27H,6-11,13-14,16-17,19H2,1-5H3,(H2,36,42)(H,37,43)(H2,38,39,46);18-24,26-27H,10-17H2,1-9H3,(H2,36,42)(H,37,43)(H2,38,39,46)/t22?,23?,24-,25?,26-,27-,29+,37?;22-,23?,24-,25-,27+;18-,20+,21?,22?,23+,24+,26-,27-/m001/s1. The molecule has 0 spiro atoms. The quantitative estimate of drug-likeness (QED) is 0.0174. The lowest BCUT2D eigenvalue weighted by atomic mass is 9.80. The molecule has 10 saturated carbocycles. The van der Waals surface area contributed by atoms with Crippen LogP contribution in [-0.4, -0.2) is 218 Å². The number of primary amides is 3. The molecular weight excluding hydrogens is 1850 g/mol. The van der Waals surface area contributed by atoms with Crippen LogP contribution in [0.1, 0.15) is 290 Å². The van der Waals surface area contributed by atoms with Gasteiger partial charge in [-0.2, -0.15) is 0 Å². The van der Waals surface area contributed by atoms with Crippen molar-refractivity contribution < 1.29 is 105 Å². The molecule has 10 aliphatic carbocycles. The van der Waals surface area contributed by atoms with Crippen molar-refractivity contribution in [1.29, 1.82) is 0 Å². The summed E-state index contributed by atoms with van der Waals surface area (Å²) < 4.78 is 22.3. The fraction of sp³-hybridized carbons (Fsp3) is 0.738. The van der Waals surface area contributed by atoms with Gasteiger partial charge in [-0.25, -0.2) is 28.8 Å². The van der Waals surface area contributed by atoms with Gasteiger partial charge >= 0.3 is 36.0 Å². The molecule has 4 heterocycles. The third-order valence-corrected chi connectivity index (χ3v) is 34.5.